The van der Waals surface area contributed by atoms with Crippen LogP contribution in [0.4, 0.5) is 5.69 Å². The molecule has 1 saturated heterocycles. The molecule has 2 aliphatic rings. The Hall–Kier alpha value is -2.10. The molecule has 6 nitrogen and oxygen atoms in total. The van der Waals surface area contributed by atoms with Crippen LogP contribution in [0.2, 0.25) is 0 Å². The Morgan fingerprint density at radius 1 is 1.04 bits per heavy atom. The van der Waals surface area contributed by atoms with Gasteiger partial charge in [-0.25, -0.2) is 0 Å². The van der Waals surface area contributed by atoms with Crippen molar-refractivity contribution < 1.29 is 4.79 Å². The van der Waals surface area contributed by atoms with Crippen molar-refractivity contribution in [2.24, 2.45) is 0 Å². The molecule has 0 unspecified atom stereocenters. The first-order valence-electron chi connectivity index (χ1n) is 8.41. The Kier molecular flexibility index (Phi) is 4.40. The number of hydrogen-bond donors (Lipinski definition) is 0. The number of benzene rings is 1. The van der Waals surface area contributed by atoms with Crippen molar-refractivity contribution in [3.63, 3.8) is 0 Å². The van der Waals surface area contributed by atoms with Gasteiger partial charge < -0.3 is 9.80 Å². The molecule has 1 fully saturated rings. The van der Waals surface area contributed by atoms with Gasteiger partial charge in [0.05, 0.1) is 5.69 Å². The topological polar surface area (TPSA) is 48.8 Å². The third kappa shape index (κ3) is 2.56. The fraction of sp³-hybridized carbons (Fsp3) is 0.278. The van der Waals surface area contributed by atoms with E-state index >= 15 is 0 Å². The first kappa shape index (κ1) is 18.3. The lowest BCUT2D eigenvalue weighted by atomic mass is 10.3. The zero-order chi connectivity index (χ0) is 19.5. The van der Waals surface area contributed by atoms with E-state index in [1.54, 1.807) is 35.3 Å². The van der Waals surface area contributed by atoms with E-state index in [1.807, 2.05) is 43.1 Å². The van der Waals surface area contributed by atoms with Crippen molar-refractivity contribution in [1.29, 1.82) is 0 Å². The zero-order valence-electron chi connectivity index (χ0n) is 15.3. The van der Waals surface area contributed by atoms with Gasteiger partial charge >= 0.3 is 0 Å². The maximum atomic E-state index is 13.2. The number of carbonyl (C=O) groups is 1. The van der Waals surface area contributed by atoms with Crippen LogP contribution in [0.5, 0.6) is 0 Å². The zero-order valence-corrected chi connectivity index (χ0v) is 17.8. The van der Waals surface area contributed by atoms with Gasteiger partial charge in [-0.2, -0.15) is 0 Å². The monoisotopic (exact) mass is 418 g/mol. The van der Waals surface area contributed by atoms with Gasteiger partial charge in [-0.1, -0.05) is 23.9 Å². The van der Waals surface area contributed by atoms with E-state index in [2.05, 4.69) is 0 Å². The summed E-state index contributed by atoms with van der Waals surface area (Å²) >= 11 is 8.26. The molecule has 4 rings (SSSR count). The molecule has 2 aromatic rings. The fourth-order valence-electron chi connectivity index (χ4n) is 3.25. The molecule has 9 heteroatoms. The molecular formula is C18H18N4O2S3. The van der Waals surface area contributed by atoms with Crippen molar-refractivity contribution in [3.8, 4) is 0 Å². The van der Waals surface area contributed by atoms with E-state index in [1.165, 1.54) is 16.2 Å². The van der Waals surface area contributed by atoms with Crippen LogP contribution in [0.3, 0.4) is 0 Å². The quantitative estimate of drug-likeness (QED) is 0.645. The van der Waals surface area contributed by atoms with Gasteiger partial charge in [-0.15, -0.1) is 11.3 Å². The predicted molar refractivity (Wildman–Crippen MR) is 114 cm³/mol. The number of thioether (sulfide) groups is 1. The number of carbonyl (C=O) groups excluding carboxylic acids is 1. The largest absolute Gasteiger partial charge is 0.337 e. The number of thiocarbonyl (C=S) groups is 1. The second-order valence-electron chi connectivity index (χ2n) is 6.27. The first-order chi connectivity index (χ1) is 12.9. The molecule has 0 radical (unpaired) electrons. The van der Waals surface area contributed by atoms with Crippen molar-refractivity contribution in [1.82, 2.24) is 14.4 Å². The standard InChI is InChI=1S/C18H18N4O2S3/c1-5-22-15(24)13(17-19(2)10-8-6-7-9-11(10)26-17)27-16(22)12-14(23)21(4)18(25)20(12)3/h6-9H,5H2,1-4H3/b16-12-,17-13+. The molecule has 0 N–H and O–H groups in total. The first-order valence-corrected chi connectivity index (χ1v) is 10.5. The molecule has 1 aromatic carbocycles. The molecule has 0 bridgehead atoms. The van der Waals surface area contributed by atoms with E-state index in [0.717, 1.165) is 15.6 Å². The van der Waals surface area contributed by atoms with E-state index in [-0.39, 0.29) is 11.5 Å². The van der Waals surface area contributed by atoms with Crippen LogP contribution in [0.15, 0.2) is 34.0 Å². The number of nitrogens with zero attached hydrogens (tertiary/aromatic N) is 4. The molecular weight excluding hydrogens is 400 g/mol. The lowest BCUT2D eigenvalue weighted by Gasteiger charge is -2.11. The van der Waals surface area contributed by atoms with Gasteiger partial charge in [0.1, 0.15) is 19.9 Å². The average molecular weight is 419 g/mol. The van der Waals surface area contributed by atoms with Gasteiger partial charge in [0.2, 0.25) is 0 Å². The molecule has 0 aliphatic carbocycles. The van der Waals surface area contributed by atoms with E-state index < -0.39 is 0 Å². The molecule has 0 saturated carbocycles. The smallest absolute Gasteiger partial charge is 0.279 e. The SMILES string of the molecule is CCn1c(=O)/c(=C2\Sc3ccccc3N2C)s/c1=C1/C(=O)N(C)C(=S)N1C. The Labute approximate surface area is 170 Å². The summed E-state index contributed by atoms with van der Waals surface area (Å²) in [6, 6.07) is 8.07. The summed E-state index contributed by atoms with van der Waals surface area (Å²) in [4.78, 5) is 32.2. The summed E-state index contributed by atoms with van der Waals surface area (Å²) in [5.41, 5.74) is 1.47. The van der Waals surface area contributed by atoms with E-state index in [9.17, 15) is 9.59 Å². The number of para-hydroxylation sites is 1. The van der Waals surface area contributed by atoms with Crippen LogP contribution in [0, 0.1) is 0 Å². The Bertz CT molecular complexity index is 1160. The van der Waals surface area contributed by atoms with Crippen LogP contribution in [-0.4, -0.2) is 46.5 Å². The number of anilines is 1. The average Bonchev–Trinajstić information content (AvgIpc) is 3.23. The van der Waals surface area contributed by atoms with Gasteiger partial charge in [0, 0.05) is 32.6 Å². The van der Waals surface area contributed by atoms with Crippen LogP contribution < -0.4 is 19.7 Å². The highest BCUT2D eigenvalue weighted by molar-refractivity contribution is 8.08. The number of thiazole rings is 1. The second-order valence-corrected chi connectivity index (χ2v) is 8.67. The lowest BCUT2D eigenvalue weighted by molar-refractivity contribution is -0.120. The third-order valence-electron chi connectivity index (χ3n) is 4.75. The van der Waals surface area contributed by atoms with Crippen molar-refractivity contribution in [3.05, 3.63) is 43.8 Å². The summed E-state index contributed by atoms with van der Waals surface area (Å²) in [5, 5.41) is 1.33. The van der Waals surface area contributed by atoms with Gasteiger partial charge in [-0.05, 0) is 31.3 Å². The number of likely N-dealkylation sites (N-methyl/N-ethyl adjacent to an activating group) is 2. The molecule has 27 heavy (non-hydrogen) atoms. The Morgan fingerprint density at radius 3 is 2.33 bits per heavy atom. The summed E-state index contributed by atoms with van der Waals surface area (Å²) in [5.74, 6) is -0.182. The normalized spacial score (nSPS) is 20.8. The summed E-state index contributed by atoms with van der Waals surface area (Å²) in [6.07, 6.45) is 0. The van der Waals surface area contributed by atoms with Gasteiger partial charge in [0.25, 0.3) is 11.5 Å². The van der Waals surface area contributed by atoms with E-state index in [0.29, 0.717) is 26.5 Å². The highest BCUT2D eigenvalue weighted by Crippen LogP contribution is 2.44. The van der Waals surface area contributed by atoms with Gasteiger partial charge in [0.15, 0.2) is 5.11 Å². The van der Waals surface area contributed by atoms with Crippen molar-refractivity contribution >= 4 is 62.7 Å². The van der Waals surface area contributed by atoms with Gasteiger partial charge in [-0.3, -0.25) is 19.1 Å². The third-order valence-corrected chi connectivity index (χ3v) is 7.84. The molecule has 2 aliphatic heterocycles. The maximum Gasteiger partial charge on any atom is 0.279 e. The summed E-state index contributed by atoms with van der Waals surface area (Å²) < 4.78 is 2.95. The minimum absolute atomic E-state index is 0.0752. The molecule has 0 spiro atoms. The van der Waals surface area contributed by atoms with Crippen LogP contribution in [-0.2, 0) is 11.3 Å². The molecule has 0 atom stereocenters. The number of rotatable bonds is 1. The summed E-state index contributed by atoms with van der Waals surface area (Å²) in [7, 11) is 5.39. The van der Waals surface area contributed by atoms with E-state index in [4.69, 9.17) is 12.2 Å². The lowest BCUT2D eigenvalue weighted by Crippen LogP contribution is -2.35. The Morgan fingerprint density at radius 2 is 1.74 bits per heavy atom. The highest BCUT2D eigenvalue weighted by atomic mass is 32.2. The van der Waals surface area contributed by atoms with Crippen LogP contribution in [0.1, 0.15) is 6.92 Å². The minimum Gasteiger partial charge on any atom is -0.337 e. The van der Waals surface area contributed by atoms with Crippen molar-refractivity contribution in [2.45, 2.75) is 18.4 Å². The number of fused-ring (bicyclic) bond motifs is 1. The Balaban J connectivity index is 2.04. The fourth-order valence-corrected chi connectivity index (χ4v) is 6.02. The minimum atomic E-state index is -0.182. The van der Waals surface area contributed by atoms with Crippen molar-refractivity contribution in [2.75, 3.05) is 26.0 Å². The molecule has 140 valence electrons. The number of amides is 1. The molecule has 1 aromatic heterocycles. The maximum absolute atomic E-state index is 13.2. The number of hydrogen-bond acceptors (Lipinski definition) is 6. The summed E-state index contributed by atoms with van der Waals surface area (Å²) in [6.45, 7) is 2.40. The number of aromatic nitrogens is 1. The molecule has 3 heterocycles. The second kappa shape index (κ2) is 6.50. The van der Waals surface area contributed by atoms with Crippen LogP contribution >= 0.6 is 35.3 Å². The highest BCUT2D eigenvalue weighted by Gasteiger charge is 2.35. The molecule has 1 amide bonds. The predicted octanol–water partition coefficient (Wildman–Crippen LogP) is 1.03. The van der Waals surface area contributed by atoms with Crippen LogP contribution in [0.25, 0.3) is 10.7 Å².